The van der Waals surface area contributed by atoms with E-state index in [1.165, 1.54) is 0 Å². The summed E-state index contributed by atoms with van der Waals surface area (Å²) in [6.45, 7) is 1.84. The molecule has 0 bridgehead atoms. The number of ether oxygens (including phenoxy) is 1. The first-order valence-electron chi connectivity index (χ1n) is 5.59. The maximum Gasteiger partial charge on any atom is 0.309 e. The molecule has 1 aliphatic rings. The van der Waals surface area contributed by atoms with Crippen molar-refractivity contribution >= 4 is 11.9 Å². The Kier molecular flexibility index (Phi) is 4.91. The highest BCUT2D eigenvalue weighted by atomic mass is 16.5. The SMILES string of the molecule is CCOC(=O)[C@@H]1C[C@H](O)C[C@H]1C(=O)NCC#N. The summed E-state index contributed by atoms with van der Waals surface area (Å²) in [5.41, 5.74) is 0. The summed E-state index contributed by atoms with van der Waals surface area (Å²) in [6, 6.07) is 1.79. The van der Waals surface area contributed by atoms with Gasteiger partial charge in [-0.1, -0.05) is 0 Å². The molecular formula is C11H16N2O4. The van der Waals surface area contributed by atoms with E-state index < -0.39 is 23.9 Å². The fraction of sp³-hybridized carbons (Fsp3) is 0.727. The van der Waals surface area contributed by atoms with Crippen LogP contribution >= 0.6 is 0 Å². The Labute approximate surface area is 99.6 Å². The van der Waals surface area contributed by atoms with Crippen molar-refractivity contribution in [1.82, 2.24) is 5.32 Å². The van der Waals surface area contributed by atoms with Gasteiger partial charge in [-0.2, -0.15) is 5.26 Å². The Hall–Kier alpha value is -1.61. The molecule has 0 aromatic rings. The Morgan fingerprint density at radius 3 is 2.71 bits per heavy atom. The summed E-state index contributed by atoms with van der Waals surface area (Å²) in [5.74, 6) is -2.04. The number of esters is 1. The highest BCUT2D eigenvalue weighted by Crippen LogP contribution is 2.33. The lowest BCUT2D eigenvalue weighted by Crippen LogP contribution is -2.36. The van der Waals surface area contributed by atoms with Gasteiger partial charge in [0, 0.05) is 0 Å². The molecule has 1 fully saturated rings. The molecule has 0 unspecified atom stereocenters. The minimum absolute atomic E-state index is 0.0963. The van der Waals surface area contributed by atoms with Gasteiger partial charge in [-0.05, 0) is 19.8 Å². The minimum Gasteiger partial charge on any atom is -0.466 e. The molecule has 6 nitrogen and oxygen atoms in total. The summed E-state index contributed by atoms with van der Waals surface area (Å²) in [7, 11) is 0. The standard InChI is InChI=1S/C11H16N2O4/c1-2-17-11(16)9-6-7(14)5-8(9)10(15)13-4-3-12/h7-9,14H,2,4-6H2,1H3,(H,13,15)/t7-,8-,9-/m1/s1. The van der Waals surface area contributed by atoms with Gasteiger partial charge in [0.25, 0.3) is 0 Å². The van der Waals surface area contributed by atoms with Gasteiger partial charge in [0.1, 0.15) is 6.54 Å². The molecule has 0 aromatic carbocycles. The maximum atomic E-state index is 11.7. The molecule has 1 rings (SSSR count). The van der Waals surface area contributed by atoms with Crippen molar-refractivity contribution in [2.75, 3.05) is 13.2 Å². The number of hydrogen-bond acceptors (Lipinski definition) is 5. The smallest absolute Gasteiger partial charge is 0.309 e. The second-order valence-electron chi connectivity index (χ2n) is 3.97. The minimum atomic E-state index is -0.665. The monoisotopic (exact) mass is 240 g/mol. The van der Waals surface area contributed by atoms with E-state index in [0.29, 0.717) is 0 Å². The molecule has 0 saturated heterocycles. The lowest BCUT2D eigenvalue weighted by molar-refractivity contribution is -0.151. The van der Waals surface area contributed by atoms with Gasteiger partial charge in [-0.25, -0.2) is 0 Å². The Balaban J connectivity index is 2.65. The highest BCUT2D eigenvalue weighted by Gasteiger charge is 2.42. The first kappa shape index (κ1) is 13.5. The van der Waals surface area contributed by atoms with E-state index >= 15 is 0 Å². The number of carbonyl (C=O) groups excluding carboxylic acids is 2. The van der Waals surface area contributed by atoms with E-state index in [4.69, 9.17) is 10.00 Å². The Bertz CT molecular complexity index is 337. The zero-order chi connectivity index (χ0) is 12.8. The van der Waals surface area contributed by atoms with Crippen molar-refractivity contribution in [2.24, 2.45) is 11.8 Å². The summed E-state index contributed by atoms with van der Waals surface area (Å²) in [6.07, 6.45) is -0.188. The lowest BCUT2D eigenvalue weighted by Gasteiger charge is -2.16. The molecule has 0 aliphatic heterocycles. The first-order valence-corrected chi connectivity index (χ1v) is 5.59. The van der Waals surface area contributed by atoms with Gasteiger partial charge in [0.15, 0.2) is 0 Å². The molecule has 0 heterocycles. The topological polar surface area (TPSA) is 99.4 Å². The van der Waals surface area contributed by atoms with Crippen molar-refractivity contribution in [2.45, 2.75) is 25.9 Å². The third-order valence-corrected chi connectivity index (χ3v) is 2.81. The van der Waals surface area contributed by atoms with Crippen molar-refractivity contribution in [1.29, 1.82) is 5.26 Å². The number of amides is 1. The highest BCUT2D eigenvalue weighted by molar-refractivity contribution is 5.86. The second-order valence-corrected chi connectivity index (χ2v) is 3.97. The summed E-state index contributed by atoms with van der Waals surface area (Å²) in [5, 5.41) is 20.3. The Morgan fingerprint density at radius 2 is 2.12 bits per heavy atom. The van der Waals surface area contributed by atoms with Crippen LogP contribution in [0.3, 0.4) is 0 Å². The van der Waals surface area contributed by atoms with Gasteiger partial charge in [-0.3, -0.25) is 9.59 Å². The number of rotatable bonds is 4. The fourth-order valence-electron chi connectivity index (χ4n) is 2.07. The number of aliphatic hydroxyl groups is 1. The van der Waals surface area contributed by atoms with Crippen LogP contribution in [-0.2, 0) is 14.3 Å². The molecule has 1 saturated carbocycles. The summed E-state index contributed by atoms with van der Waals surface area (Å²) >= 11 is 0. The van der Waals surface area contributed by atoms with Gasteiger partial charge < -0.3 is 15.2 Å². The number of nitrogens with zero attached hydrogens (tertiary/aromatic N) is 1. The van der Waals surface area contributed by atoms with Crippen LogP contribution < -0.4 is 5.32 Å². The zero-order valence-electron chi connectivity index (χ0n) is 9.68. The predicted octanol–water partition coefficient (Wildman–Crippen LogP) is -0.424. The molecule has 17 heavy (non-hydrogen) atoms. The fourth-order valence-corrected chi connectivity index (χ4v) is 2.07. The Morgan fingerprint density at radius 1 is 1.47 bits per heavy atom. The van der Waals surface area contributed by atoms with Crippen LogP contribution in [0.4, 0.5) is 0 Å². The zero-order valence-corrected chi connectivity index (χ0v) is 9.68. The van der Waals surface area contributed by atoms with Crippen molar-refractivity contribution in [3.05, 3.63) is 0 Å². The second kappa shape index (κ2) is 6.21. The molecule has 1 aliphatic carbocycles. The van der Waals surface area contributed by atoms with E-state index in [9.17, 15) is 14.7 Å². The molecule has 1 amide bonds. The summed E-state index contributed by atoms with van der Waals surface area (Å²) < 4.78 is 4.86. The quantitative estimate of drug-likeness (QED) is 0.513. The number of nitrogens with one attached hydrogen (secondary N) is 1. The summed E-state index contributed by atoms with van der Waals surface area (Å²) in [4.78, 5) is 23.3. The normalized spacial score (nSPS) is 27.2. The van der Waals surface area contributed by atoms with Crippen LogP contribution in [0, 0.1) is 23.2 Å². The van der Waals surface area contributed by atoms with Crippen molar-refractivity contribution in [3.8, 4) is 6.07 Å². The number of hydrogen-bond donors (Lipinski definition) is 2. The molecular weight excluding hydrogens is 224 g/mol. The van der Waals surface area contributed by atoms with E-state index in [2.05, 4.69) is 5.32 Å². The maximum absolute atomic E-state index is 11.7. The third kappa shape index (κ3) is 3.43. The van der Waals surface area contributed by atoms with Crippen LogP contribution in [-0.4, -0.2) is 36.2 Å². The molecule has 6 heteroatoms. The van der Waals surface area contributed by atoms with Gasteiger partial charge in [-0.15, -0.1) is 0 Å². The van der Waals surface area contributed by atoms with E-state index in [-0.39, 0.29) is 31.9 Å². The van der Waals surface area contributed by atoms with E-state index in [1.807, 2.05) is 0 Å². The predicted molar refractivity (Wildman–Crippen MR) is 57.5 cm³/mol. The van der Waals surface area contributed by atoms with Crippen LogP contribution in [0.1, 0.15) is 19.8 Å². The largest absolute Gasteiger partial charge is 0.466 e. The van der Waals surface area contributed by atoms with Crippen LogP contribution in [0.25, 0.3) is 0 Å². The average molecular weight is 240 g/mol. The van der Waals surface area contributed by atoms with Gasteiger partial charge >= 0.3 is 5.97 Å². The number of aliphatic hydroxyl groups excluding tert-OH is 1. The number of carbonyl (C=O) groups is 2. The van der Waals surface area contributed by atoms with Gasteiger partial charge in [0.2, 0.25) is 5.91 Å². The molecule has 2 N–H and O–H groups in total. The third-order valence-electron chi connectivity index (χ3n) is 2.81. The number of nitriles is 1. The van der Waals surface area contributed by atoms with E-state index in [1.54, 1.807) is 13.0 Å². The molecule has 94 valence electrons. The molecule has 0 aromatic heterocycles. The molecule has 0 radical (unpaired) electrons. The lowest BCUT2D eigenvalue weighted by atomic mass is 9.95. The van der Waals surface area contributed by atoms with E-state index in [0.717, 1.165) is 0 Å². The first-order chi connectivity index (χ1) is 8.10. The van der Waals surface area contributed by atoms with Crippen LogP contribution in [0.15, 0.2) is 0 Å². The van der Waals surface area contributed by atoms with Crippen LogP contribution in [0.2, 0.25) is 0 Å². The van der Waals surface area contributed by atoms with Crippen molar-refractivity contribution in [3.63, 3.8) is 0 Å². The van der Waals surface area contributed by atoms with Gasteiger partial charge in [0.05, 0.1) is 30.6 Å². The van der Waals surface area contributed by atoms with Crippen molar-refractivity contribution < 1.29 is 19.4 Å². The molecule has 0 spiro atoms. The van der Waals surface area contributed by atoms with Crippen LogP contribution in [0.5, 0.6) is 0 Å². The average Bonchev–Trinajstić information content (AvgIpc) is 2.68. The molecule has 3 atom stereocenters.